The number of ketones is 1. The normalized spacial score (nSPS) is 21.5. The highest BCUT2D eigenvalue weighted by molar-refractivity contribution is 6.30. The molecule has 2 bridgehead atoms. The Morgan fingerprint density at radius 1 is 1.12 bits per heavy atom. The molecule has 1 aromatic carbocycles. The monoisotopic (exact) mass is 479 g/mol. The molecule has 0 radical (unpaired) electrons. The van der Waals surface area contributed by atoms with Crippen molar-refractivity contribution in [2.24, 2.45) is 11.8 Å². The third kappa shape index (κ3) is 5.18. The highest BCUT2D eigenvalue weighted by atomic mass is 35.5. The number of carbonyl (C=O) groups is 1. The molecule has 4 nitrogen and oxygen atoms in total. The Hall–Kier alpha value is -2.54. The minimum Gasteiger partial charge on any atom is -0.512 e. The van der Waals surface area contributed by atoms with Crippen molar-refractivity contribution in [1.82, 2.24) is 4.98 Å². The average Bonchev–Trinajstić information content (AvgIpc) is 2.85. The first kappa shape index (κ1) is 23.6. The highest BCUT2D eigenvalue weighted by Gasteiger charge is 2.36. The molecule has 3 aliphatic rings. The minimum absolute atomic E-state index is 0.0556. The topological polar surface area (TPSA) is 59.4 Å². The van der Waals surface area contributed by atoms with E-state index in [-0.39, 0.29) is 27.9 Å². The number of aromatic nitrogens is 1. The second kappa shape index (κ2) is 9.37. The molecule has 0 aliphatic heterocycles. The zero-order valence-electron chi connectivity index (χ0n) is 18.2. The molecule has 0 spiro atoms. The molecular formula is C25H25ClF3NO3. The van der Waals surface area contributed by atoms with Gasteiger partial charge in [0.2, 0.25) is 5.88 Å². The van der Waals surface area contributed by atoms with Gasteiger partial charge >= 0.3 is 6.18 Å². The average molecular weight is 480 g/mol. The van der Waals surface area contributed by atoms with Crippen molar-refractivity contribution in [3.63, 3.8) is 0 Å². The molecule has 176 valence electrons. The van der Waals surface area contributed by atoms with E-state index >= 15 is 0 Å². The van der Waals surface area contributed by atoms with Crippen LogP contribution in [0.5, 0.6) is 11.6 Å². The number of rotatable bonds is 4. The fourth-order valence-corrected chi connectivity index (χ4v) is 4.99. The van der Waals surface area contributed by atoms with Crippen LogP contribution < -0.4 is 4.74 Å². The third-order valence-electron chi connectivity index (χ3n) is 6.56. The van der Waals surface area contributed by atoms with Crippen LogP contribution in [0.3, 0.4) is 0 Å². The molecule has 1 saturated carbocycles. The maximum Gasteiger partial charge on any atom is 0.421 e. The van der Waals surface area contributed by atoms with E-state index in [4.69, 9.17) is 16.3 Å². The molecule has 1 fully saturated rings. The fourth-order valence-electron chi connectivity index (χ4n) is 4.83. The van der Waals surface area contributed by atoms with Gasteiger partial charge < -0.3 is 9.84 Å². The van der Waals surface area contributed by atoms with Gasteiger partial charge in [-0.25, -0.2) is 4.98 Å². The Balaban J connectivity index is 1.76. The van der Waals surface area contributed by atoms with Gasteiger partial charge in [0.1, 0.15) is 17.1 Å². The molecule has 8 heteroatoms. The van der Waals surface area contributed by atoms with Crippen molar-refractivity contribution in [3.8, 4) is 11.6 Å². The second-order valence-corrected chi connectivity index (χ2v) is 9.25. The summed E-state index contributed by atoms with van der Waals surface area (Å²) in [5.41, 5.74) is 0.481. The summed E-state index contributed by atoms with van der Waals surface area (Å²) < 4.78 is 45.9. The number of nitrogens with zero attached hydrogens (tertiary/aromatic N) is 1. The molecule has 33 heavy (non-hydrogen) atoms. The van der Waals surface area contributed by atoms with Crippen LogP contribution in [0.15, 0.2) is 36.2 Å². The van der Waals surface area contributed by atoms with E-state index in [1.165, 1.54) is 6.07 Å². The van der Waals surface area contributed by atoms with Crippen LogP contribution in [-0.4, -0.2) is 15.9 Å². The number of aliphatic hydroxyl groups is 1. The van der Waals surface area contributed by atoms with Crippen LogP contribution in [-0.2, 0) is 17.4 Å². The maximum absolute atomic E-state index is 13.5. The van der Waals surface area contributed by atoms with Crippen molar-refractivity contribution in [3.05, 3.63) is 57.9 Å². The van der Waals surface area contributed by atoms with E-state index in [1.54, 1.807) is 12.1 Å². The van der Waals surface area contributed by atoms with Gasteiger partial charge in [-0.3, -0.25) is 4.79 Å². The molecule has 3 aliphatic carbocycles. The van der Waals surface area contributed by atoms with Gasteiger partial charge in [0, 0.05) is 19.0 Å². The van der Waals surface area contributed by atoms with Crippen molar-refractivity contribution in [1.29, 1.82) is 0 Å². The minimum atomic E-state index is -4.70. The SMILES string of the molecule is CCc1ccc(Oc2ncc(Cl)cc2C(F)(F)F)cc1C1=C(O)CC2CCC(CC2)CC1=O. The Bertz CT molecular complexity index is 1090. The molecule has 5 rings (SSSR count). The van der Waals surface area contributed by atoms with Crippen molar-refractivity contribution < 1.29 is 27.8 Å². The van der Waals surface area contributed by atoms with Crippen LogP contribution in [0.25, 0.3) is 5.57 Å². The van der Waals surface area contributed by atoms with Crippen LogP contribution in [0.1, 0.15) is 62.1 Å². The summed E-state index contributed by atoms with van der Waals surface area (Å²) in [4.78, 5) is 17.0. The standard InChI is InChI=1S/C25H25ClF3NO3/c1-2-16-7-8-18(33-24-20(25(27,28)29)11-17(26)13-30-24)12-19(16)23-21(31)9-14-3-4-15(6-5-14)10-22(23)32/h7-8,11-15,31H,2-6,9-10H2,1H3. The third-order valence-corrected chi connectivity index (χ3v) is 6.77. The first-order valence-corrected chi connectivity index (χ1v) is 11.5. The van der Waals surface area contributed by atoms with Gasteiger partial charge in [-0.2, -0.15) is 13.2 Å². The summed E-state index contributed by atoms with van der Waals surface area (Å²) in [6.45, 7) is 1.92. The summed E-state index contributed by atoms with van der Waals surface area (Å²) >= 11 is 5.71. The number of Topliss-reactive ketones (excluding diaryl/α,β-unsaturated/α-hetero) is 1. The summed E-state index contributed by atoms with van der Waals surface area (Å²) in [6, 6.07) is 5.54. The van der Waals surface area contributed by atoms with E-state index in [0.717, 1.165) is 43.5 Å². The van der Waals surface area contributed by atoms with Crippen LogP contribution in [0.2, 0.25) is 5.02 Å². The Labute approximate surface area is 195 Å². The lowest BCUT2D eigenvalue weighted by Gasteiger charge is -2.26. The first-order valence-electron chi connectivity index (χ1n) is 11.1. The van der Waals surface area contributed by atoms with E-state index in [9.17, 15) is 23.1 Å². The van der Waals surface area contributed by atoms with Gasteiger partial charge in [0.05, 0.1) is 10.6 Å². The Morgan fingerprint density at radius 2 is 1.79 bits per heavy atom. The molecule has 2 aromatic rings. The summed E-state index contributed by atoms with van der Waals surface area (Å²) in [6.07, 6.45) is 1.68. The quantitative estimate of drug-likeness (QED) is 0.492. The smallest absolute Gasteiger partial charge is 0.421 e. The number of hydrogen-bond donors (Lipinski definition) is 1. The molecule has 1 heterocycles. The van der Waals surface area contributed by atoms with Gasteiger partial charge in [-0.1, -0.05) is 24.6 Å². The predicted octanol–water partition coefficient (Wildman–Crippen LogP) is 7.55. The number of ether oxygens (including phenoxy) is 1. The van der Waals surface area contributed by atoms with Crippen LogP contribution in [0.4, 0.5) is 13.2 Å². The van der Waals surface area contributed by atoms with E-state index in [1.807, 2.05) is 6.92 Å². The van der Waals surface area contributed by atoms with Gasteiger partial charge in [0.25, 0.3) is 0 Å². The number of aryl methyl sites for hydroxylation is 1. The zero-order chi connectivity index (χ0) is 23.8. The molecular weight excluding hydrogens is 455 g/mol. The number of alkyl halides is 3. The van der Waals surface area contributed by atoms with E-state index in [0.29, 0.717) is 36.7 Å². The Kier molecular flexibility index (Phi) is 6.71. The van der Waals surface area contributed by atoms with Crippen molar-refractivity contribution in [2.75, 3.05) is 0 Å². The molecule has 0 amide bonds. The molecule has 0 unspecified atom stereocenters. The number of halogens is 4. The zero-order valence-corrected chi connectivity index (χ0v) is 19.0. The second-order valence-electron chi connectivity index (χ2n) is 8.82. The van der Waals surface area contributed by atoms with Crippen molar-refractivity contribution >= 4 is 23.0 Å². The lowest BCUT2D eigenvalue weighted by atomic mass is 9.79. The largest absolute Gasteiger partial charge is 0.512 e. The van der Waals surface area contributed by atoms with Gasteiger partial charge in [-0.05, 0) is 73.3 Å². The maximum atomic E-state index is 13.5. The predicted molar refractivity (Wildman–Crippen MR) is 119 cm³/mol. The first-order chi connectivity index (χ1) is 15.7. The van der Waals surface area contributed by atoms with Crippen LogP contribution >= 0.6 is 11.6 Å². The van der Waals surface area contributed by atoms with Gasteiger partial charge in [0.15, 0.2) is 5.78 Å². The summed E-state index contributed by atoms with van der Waals surface area (Å²) in [5, 5.41) is 10.8. The summed E-state index contributed by atoms with van der Waals surface area (Å²) in [5.74, 6) is 0.0242. The molecule has 1 N–H and O–H groups in total. The number of hydrogen-bond acceptors (Lipinski definition) is 4. The lowest BCUT2D eigenvalue weighted by molar-refractivity contribution is -0.138. The number of aliphatic hydroxyl groups excluding tert-OH is 1. The number of pyridine rings is 1. The highest BCUT2D eigenvalue weighted by Crippen LogP contribution is 2.42. The number of benzene rings is 1. The van der Waals surface area contributed by atoms with Gasteiger partial charge in [-0.15, -0.1) is 0 Å². The number of allylic oxidation sites excluding steroid dienone is 2. The molecule has 1 aromatic heterocycles. The Morgan fingerprint density at radius 3 is 2.42 bits per heavy atom. The fraction of sp³-hybridized carbons (Fsp3) is 0.440. The number of carbonyl (C=O) groups excluding carboxylic acids is 1. The molecule has 0 saturated heterocycles. The van der Waals surface area contributed by atoms with Crippen molar-refractivity contribution in [2.45, 2.75) is 58.0 Å². The van der Waals surface area contributed by atoms with Crippen LogP contribution in [0, 0.1) is 11.8 Å². The summed E-state index contributed by atoms with van der Waals surface area (Å²) in [7, 11) is 0. The van der Waals surface area contributed by atoms with E-state index < -0.39 is 17.6 Å². The van der Waals surface area contributed by atoms with E-state index in [2.05, 4.69) is 4.98 Å². The lowest BCUT2D eigenvalue weighted by Crippen LogP contribution is -2.15. The molecule has 0 atom stereocenters. The number of fused-ring (bicyclic) bond motifs is 5.